The summed E-state index contributed by atoms with van der Waals surface area (Å²) in [6.45, 7) is 5.52. The van der Waals surface area contributed by atoms with Crippen molar-refractivity contribution in [3.05, 3.63) is 11.1 Å². The Labute approximate surface area is 117 Å². The summed E-state index contributed by atoms with van der Waals surface area (Å²) < 4.78 is 0. The third-order valence-electron chi connectivity index (χ3n) is 3.63. The molecule has 0 radical (unpaired) electrons. The van der Waals surface area contributed by atoms with E-state index in [4.69, 9.17) is 0 Å². The van der Waals surface area contributed by atoms with Crippen LogP contribution in [-0.4, -0.2) is 47.1 Å². The van der Waals surface area contributed by atoms with Crippen LogP contribution in [0.4, 0.5) is 5.13 Å². The molecule has 0 bridgehead atoms. The van der Waals surface area contributed by atoms with Crippen LogP contribution in [0.25, 0.3) is 0 Å². The Hall–Kier alpha value is -1.14. The second-order valence-electron chi connectivity index (χ2n) is 5.71. The Morgan fingerprint density at radius 3 is 3.00 bits per heavy atom. The van der Waals surface area contributed by atoms with E-state index in [0.29, 0.717) is 11.7 Å². The summed E-state index contributed by atoms with van der Waals surface area (Å²) in [6, 6.07) is 0.408. The maximum atomic E-state index is 11.2. The molecule has 19 heavy (non-hydrogen) atoms. The first kappa shape index (κ1) is 14.3. The highest BCUT2D eigenvalue weighted by Gasteiger charge is 2.32. The number of thiazole rings is 1. The first-order valence-corrected chi connectivity index (χ1v) is 7.42. The summed E-state index contributed by atoms with van der Waals surface area (Å²) in [7, 11) is 2.12. The zero-order chi connectivity index (χ0) is 14.0. The van der Waals surface area contributed by atoms with E-state index in [0.717, 1.165) is 24.6 Å². The number of hydrogen-bond acceptors (Lipinski definition) is 5. The lowest BCUT2D eigenvalue weighted by molar-refractivity contribution is -0.142. The number of rotatable bonds is 4. The SMILES string of the molecule is CN1CCCC(Nc2nc(C(C)(C)C(=O)O)cs2)C1. The molecule has 0 aromatic carbocycles. The number of carbonyl (C=O) groups is 1. The fraction of sp³-hybridized carbons (Fsp3) is 0.692. The molecule has 0 aliphatic carbocycles. The predicted octanol–water partition coefficient (Wildman–Crippen LogP) is 2.01. The maximum absolute atomic E-state index is 11.2. The number of likely N-dealkylation sites (N-methyl/N-ethyl adjacent to an activating group) is 1. The molecule has 0 amide bonds. The number of nitrogens with zero attached hydrogens (tertiary/aromatic N) is 2. The van der Waals surface area contributed by atoms with Crippen LogP contribution in [-0.2, 0) is 10.2 Å². The summed E-state index contributed by atoms with van der Waals surface area (Å²) in [4.78, 5) is 17.9. The molecule has 1 saturated heterocycles. The zero-order valence-electron chi connectivity index (χ0n) is 11.6. The fourth-order valence-corrected chi connectivity index (χ4v) is 3.15. The van der Waals surface area contributed by atoms with Gasteiger partial charge in [-0.05, 0) is 40.3 Å². The number of likely N-dealkylation sites (tertiary alicyclic amines) is 1. The molecule has 1 aliphatic rings. The molecule has 6 heteroatoms. The molecule has 106 valence electrons. The number of hydrogen-bond donors (Lipinski definition) is 2. The van der Waals surface area contributed by atoms with Crippen LogP contribution in [0.5, 0.6) is 0 Å². The van der Waals surface area contributed by atoms with Crippen molar-refractivity contribution < 1.29 is 9.90 Å². The molecule has 0 saturated carbocycles. The van der Waals surface area contributed by atoms with Crippen LogP contribution in [0.15, 0.2) is 5.38 Å². The minimum atomic E-state index is -0.931. The van der Waals surface area contributed by atoms with Crippen LogP contribution in [0.3, 0.4) is 0 Å². The standard InChI is InChI=1S/C13H21N3O2S/c1-13(2,11(17)18)10-8-19-12(15-10)14-9-5-4-6-16(3)7-9/h8-9H,4-7H2,1-3H3,(H,14,15)(H,17,18). The average Bonchev–Trinajstić information content (AvgIpc) is 2.78. The minimum Gasteiger partial charge on any atom is -0.481 e. The fourth-order valence-electron chi connectivity index (χ4n) is 2.20. The summed E-state index contributed by atoms with van der Waals surface area (Å²) >= 11 is 1.48. The number of carboxylic acid groups (broad SMARTS) is 1. The van der Waals surface area contributed by atoms with Gasteiger partial charge in [-0.25, -0.2) is 4.98 Å². The summed E-state index contributed by atoms with van der Waals surface area (Å²) in [6.07, 6.45) is 2.33. The number of aromatic nitrogens is 1. The molecule has 2 rings (SSSR count). The van der Waals surface area contributed by atoms with Gasteiger partial charge in [0.2, 0.25) is 0 Å². The highest BCUT2D eigenvalue weighted by molar-refractivity contribution is 7.13. The van der Waals surface area contributed by atoms with E-state index in [9.17, 15) is 9.90 Å². The average molecular weight is 283 g/mol. The topological polar surface area (TPSA) is 65.5 Å². The van der Waals surface area contributed by atoms with E-state index >= 15 is 0 Å². The number of anilines is 1. The van der Waals surface area contributed by atoms with Crippen molar-refractivity contribution in [2.45, 2.75) is 38.1 Å². The number of aliphatic carboxylic acids is 1. The Kier molecular flexibility index (Phi) is 4.10. The Bertz CT molecular complexity index is 458. The molecule has 1 atom stereocenters. The lowest BCUT2D eigenvalue weighted by atomic mass is 9.90. The lowest BCUT2D eigenvalue weighted by Crippen LogP contribution is -2.39. The monoisotopic (exact) mass is 283 g/mol. The summed E-state index contributed by atoms with van der Waals surface area (Å²) in [5.74, 6) is -0.846. The zero-order valence-corrected chi connectivity index (χ0v) is 12.5. The van der Waals surface area contributed by atoms with Crippen molar-refractivity contribution in [1.29, 1.82) is 0 Å². The molecule has 1 aromatic rings. The molecule has 1 fully saturated rings. The molecular weight excluding hydrogens is 262 g/mol. The summed E-state index contributed by atoms with van der Waals surface area (Å²) in [5.41, 5.74) is -0.309. The van der Waals surface area contributed by atoms with E-state index in [-0.39, 0.29) is 0 Å². The third kappa shape index (κ3) is 3.25. The predicted molar refractivity (Wildman–Crippen MR) is 76.9 cm³/mol. The van der Waals surface area contributed by atoms with Gasteiger partial charge in [0.05, 0.1) is 5.69 Å². The largest absolute Gasteiger partial charge is 0.481 e. The van der Waals surface area contributed by atoms with Crippen LogP contribution in [0.2, 0.25) is 0 Å². The first-order chi connectivity index (χ1) is 8.89. The highest BCUT2D eigenvalue weighted by atomic mass is 32.1. The van der Waals surface area contributed by atoms with Crippen molar-refractivity contribution in [2.24, 2.45) is 0 Å². The quantitative estimate of drug-likeness (QED) is 0.885. The molecule has 0 spiro atoms. The van der Waals surface area contributed by atoms with Crippen LogP contribution in [0.1, 0.15) is 32.4 Å². The van der Waals surface area contributed by atoms with Gasteiger partial charge in [-0.15, -0.1) is 11.3 Å². The molecule has 1 aromatic heterocycles. The smallest absolute Gasteiger partial charge is 0.315 e. The molecule has 2 N–H and O–H groups in total. The van der Waals surface area contributed by atoms with Crippen molar-refractivity contribution in [1.82, 2.24) is 9.88 Å². The molecule has 2 heterocycles. The number of piperidine rings is 1. The van der Waals surface area contributed by atoms with Crippen LogP contribution in [0, 0.1) is 0 Å². The van der Waals surface area contributed by atoms with E-state index in [1.54, 1.807) is 13.8 Å². The van der Waals surface area contributed by atoms with E-state index < -0.39 is 11.4 Å². The minimum absolute atomic E-state index is 0.408. The summed E-state index contributed by atoms with van der Waals surface area (Å²) in [5, 5.41) is 15.3. The molecular formula is C13H21N3O2S. The van der Waals surface area contributed by atoms with E-state index in [2.05, 4.69) is 22.2 Å². The van der Waals surface area contributed by atoms with Crippen molar-refractivity contribution >= 4 is 22.4 Å². The van der Waals surface area contributed by atoms with Crippen LogP contribution < -0.4 is 5.32 Å². The van der Waals surface area contributed by atoms with Crippen molar-refractivity contribution in [3.8, 4) is 0 Å². The third-order valence-corrected chi connectivity index (χ3v) is 4.40. The molecule has 1 unspecified atom stereocenters. The van der Waals surface area contributed by atoms with Gasteiger partial charge in [0.25, 0.3) is 0 Å². The number of carboxylic acids is 1. The Morgan fingerprint density at radius 2 is 2.37 bits per heavy atom. The Balaban J connectivity index is 2.03. The van der Waals surface area contributed by atoms with Crippen molar-refractivity contribution in [3.63, 3.8) is 0 Å². The van der Waals surface area contributed by atoms with Gasteiger partial charge in [0.15, 0.2) is 5.13 Å². The van der Waals surface area contributed by atoms with Crippen LogP contribution >= 0.6 is 11.3 Å². The highest BCUT2D eigenvalue weighted by Crippen LogP contribution is 2.28. The Morgan fingerprint density at radius 1 is 1.63 bits per heavy atom. The molecule has 1 aliphatic heterocycles. The van der Waals surface area contributed by atoms with E-state index in [1.807, 2.05) is 5.38 Å². The second kappa shape index (κ2) is 5.46. The van der Waals surface area contributed by atoms with Gasteiger partial charge in [0, 0.05) is 18.0 Å². The van der Waals surface area contributed by atoms with Gasteiger partial charge >= 0.3 is 5.97 Å². The van der Waals surface area contributed by atoms with Crippen molar-refractivity contribution in [2.75, 3.05) is 25.5 Å². The van der Waals surface area contributed by atoms with Gasteiger partial charge in [0.1, 0.15) is 5.41 Å². The maximum Gasteiger partial charge on any atom is 0.315 e. The van der Waals surface area contributed by atoms with Gasteiger partial charge in [-0.2, -0.15) is 0 Å². The normalized spacial score (nSPS) is 21.3. The van der Waals surface area contributed by atoms with Gasteiger partial charge in [-0.1, -0.05) is 0 Å². The first-order valence-electron chi connectivity index (χ1n) is 6.54. The van der Waals surface area contributed by atoms with Gasteiger partial charge in [-0.3, -0.25) is 4.79 Å². The second-order valence-corrected chi connectivity index (χ2v) is 6.57. The lowest BCUT2D eigenvalue weighted by Gasteiger charge is -2.30. The van der Waals surface area contributed by atoms with E-state index in [1.165, 1.54) is 17.8 Å². The molecule has 5 nitrogen and oxygen atoms in total. The number of nitrogens with one attached hydrogen (secondary N) is 1. The van der Waals surface area contributed by atoms with Gasteiger partial charge < -0.3 is 15.3 Å².